The molecule has 2 bridgehead atoms. The average molecular weight is 373 g/mol. The summed E-state index contributed by atoms with van der Waals surface area (Å²) in [5, 5.41) is 13.7. The number of hydrogen-bond donors (Lipinski definition) is 3. The van der Waals surface area contributed by atoms with Crippen molar-refractivity contribution in [2.75, 3.05) is 6.54 Å². The number of benzene rings is 1. The second kappa shape index (κ2) is 8.52. The second-order valence-electron chi connectivity index (χ2n) is 7.01. The number of carbonyl (C=O) groups is 1. The fourth-order valence-corrected chi connectivity index (χ4v) is 4.38. The van der Waals surface area contributed by atoms with Gasteiger partial charge in [-0.1, -0.05) is 30.2 Å². The number of nitrogens with two attached hydrogens (primary N) is 1. The minimum Gasteiger partial charge on any atom is -0.387 e. The van der Waals surface area contributed by atoms with Crippen LogP contribution >= 0.6 is 24.0 Å². The summed E-state index contributed by atoms with van der Waals surface area (Å²) in [7, 11) is 0. The van der Waals surface area contributed by atoms with Gasteiger partial charge in [-0.3, -0.25) is 4.79 Å². The van der Waals surface area contributed by atoms with Crippen LogP contribution in [0.3, 0.4) is 0 Å². The van der Waals surface area contributed by atoms with Crippen molar-refractivity contribution in [3.63, 3.8) is 0 Å². The molecule has 3 atom stereocenters. The molecule has 3 unspecified atom stereocenters. The Morgan fingerprint density at radius 1 is 1.33 bits per heavy atom. The van der Waals surface area contributed by atoms with Gasteiger partial charge in [0.1, 0.15) is 0 Å². The minimum atomic E-state index is -0.733. The zero-order valence-corrected chi connectivity index (χ0v) is 15.2. The monoisotopic (exact) mass is 372 g/mol. The molecule has 6 heteroatoms. The van der Waals surface area contributed by atoms with Crippen molar-refractivity contribution in [2.24, 2.45) is 23.5 Å². The van der Waals surface area contributed by atoms with E-state index < -0.39 is 6.10 Å². The van der Waals surface area contributed by atoms with E-state index >= 15 is 0 Å². The first-order valence-electron chi connectivity index (χ1n) is 8.51. The van der Waals surface area contributed by atoms with Crippen molar-refractivity contribution in [2.45, 2.75) is 44.2 Å². The van der Waals surface area contributed by atoms with E-state index in [9.17, 15) is 9.90 Å². The highest BCUT2D eigenvalue weighted by Crippen LogP contribution is 2.41. The third kappa shape index (κ3) is 4.42. The van der Waals surface area contributed by atoms with Gasteiger partial charge < -0.3 is 16.2 Å². The summed E-state index contributed by atoms with van der Waals surface area (Å²) in [4.78, 5) is 12.4. The summed E-state index contributed by atoms with van der Waals surface area (Å²) >= 11 is 5.93. The number of carbonyl (C=O) groups excluding carboxylic acids is 1. The van der Waals surface area contributed by atoms with Gasteiger partial charge in [0.15, 0.2) is 0 Å². The van der Waals surface area contributed by atoms with Gasteiger partial charge in [-0.25, -0.2) is 0 Å². The summed E-state index contributed by atoms with van der Waals surface area (Å²) < 4.78 is 0. The number of aliphatic hydroxyl groups excluding tert-OH is 1. The summed E-state index contributed by atoms with van der Waals surface area (Å²) in [5.74, 6) is 1.05. The lowest BCUT2D eigenvalue weighted by Gasteiger charge is -2.43. The third-order valence-corrected chi connectivity index (χ3v) is 5.72. The Kier molecular flexibility index (Phi) is 6.93. The fraction of sp³-hybridized carbons (Fsp3) is 0.611. The predicted octanol–water partition coefficient (Wildman–Crippen LogP) is 3.07. The van der Waals surface area contributed by atoms with Crippen molar-refractivity contribution in [1.29, 1.82) is 0 Å². The first-order chi connectivity index (χ1) is 11.0. The summed E-state index contributed by atoms with van der Waals surface area (Å²) in [6.07, 6.45) is 4.57. The Balaban J connectivity index is 0.00000208. The first-order valence-corrected chi connectivity index (χ1v) is 8.89. The number of hydrogen-bond acceptors (Lipinski definition) is 3. The van der Waals surface area contributed by atoms with Gasteiger partial charge in [-0.15, -0.1) is 12.4 Å². The maximum atomic E-state index is 12.4. The van der Waals surface area contributed by atoms with E-state index in [-0.39, 0.29) is 36.8 Å². The van der Waals surface area contributed by atoms with Gasteiger partial charge in [0.2, 0.25) is 5.91 Å². The van der Waals surface area contributed by atoms with Gasteiger partial charge in [-0.05, 0) is 55.2 Å². The molecule has 1 aromatic carbocycles. The zero-order valence-electron chi connectivity index (χ0n) is 13.7. The number of aliphatic hydroxyl groups is 1. The van der Waals surface area contributed by atoms with E-state index in [0.717, 1.165) is 31.2 Å². The molecule has 2 aliphatic rings. The van der Waals surface area contributed by atoms with Crippen LogP contribution in [-0.4, -0.2) is 23.6 Å². The fourth-order valence-electron chi connectivity index (χ4n) is 4.18. The third-order valence-electron chi connectivity index (χ3n) is 5.49. The number of halogens is 2. The summed E-state index contributed by atoms with van der Waals surface area (Å²) in [5.41, 5.74) is 7.00. The van der Waals surface area contributed by atoms with Crippen molar-refractivity contribution < 1.29 is 9.90 Å². The topological polar surface area (TPSA) is 75.4 Å². The number of fused-ring (bicyclic) bond motifs is 2. The minimum absolute atomic E-state index is 0. The molecule has 0 saturated heterocycles. The van der Waals surface area contributed by atoms with E-state index in [1.165, 1.54) is 6.42 Å². The van der Waals surface area contributed by atoms with Crippen molar-refractivity contribution >= 4 is 29.9 Å². The van der Waals surface area contributed by atoms with Crippen LogP contribution in [0.25, 0.3) is 0 Å². The smallest absolute Gasteiger partial charge is 0.223 e. The Morgan fingerprint density at radius 3 is 2.62 bits per heavy atom. The first kappa shape index (κ1) is 19.5. The maximum absolute atomic E-state index is 12.4. The molecule has 1 aromatic rings. The molecule has 0 aliphatic heterocycles. The molecular formula is C18H26Cl2N2O2. The number of rotatable bonds is 4. The molecule has 0 aromatic heterocycles. The quantitative estimate of drug-likeness (QED) is 0.759. The molecule has 134 valence electrons. The Labute approximate surface area is 154 Å². The SMILES string of the molecule is Cl.NC1C2CCCC1CC(C(=O)NCC(O)c1cccc(Cl)c1)C2. The lowest BCUT2D eigenvalue weighted by atomic mass is 9.65. The zero-order chi connectivity index (χ0) is 16.4. The van der Waals surface area contributed by atoms with Gasteiger partial charge >= 0.3 is 0 Å². The van der Waals surface area contributed by atoms with E-state index in [1.54, 1.807) is 18.2 Å². The lowest BCUT2D eigenvalue weighted by Crippen LogP contribution is -2.49. The number of nitrogens with one attached hydrogen (secondary N) is 1. The highest BCUT2D eigenvalue weighted by Gasteiger charge is 2.40. The molecular weight excluding hydrogens is 347 g/mol. The van der Waals surface area contributed by atoms with Gasteiger partial charge in [0.05, 0.1) is 6.10 Å². The summed E-state index contributed by atoms with van der Waals surface area (Å²) in [6, 6.07) is 7.37. The van der Waals surface area contributed by atoms with Crippen LogP contribution in [0.5, 0.6) is 0 Å². The van der Waals surface area contributed by atoms with Gasteiger partial charge in [0.25, 0.3) is 0 Å². The predicted molar refractivity (Wildman–Crippen MR) is 98.2 cm³/mol. The van der Waals surface area contributed by atoms with Crippen LogP contribution in [0.4, 0.5) is 0 Å². The van der Waals surface area contributed by atoms with Crippen LogP contribution in [0, 0.1) is 17.8 Å². The van der Waals surface area contributed by atoms with Crippen LogP contribution in [0.1, 0.15) is 43.8 Å². The van der Waals surface area contributed by atoms with Crippen molar-refractivity contribution in [1.82, 2.24) is 5.32 Å². The molecule has 3 rings (SSSR count). The highest BCUT2D eigenvalue weighted by molar-refractivity contribution is 6.30. The molecule has 2 fully saturated rings. The van der Waals surface area contributed by atoms with Crippen LogP contribution in [0.15, 0.2) is 24.3 Å². The molecule has 2 saturated carbocycles. The molecule has 0 radical (unpaired) electrons. The van der Waals surface area contributed by atoms with Crippen molar-refractivity contribution in [3.8, 4) is 0 Å². The Morgan fingerprint density at radius 2 is 2.00 bits per heavy atom. The average Bonchev–Trinajstić information content (AvgIpc) is 2.52. The normalized spacial score (nSPS) is 30.1. The van der Waals surface area contributed by atoms with E-state index in [1.807, 2.05) is 6.07 Å². The molecule has 4 N–H and O–H groups in total. The largest absolute Gasteiger partial charge is 0.387 e. The van der Waals surface area contributed by atoms with E-state index in [2.05, 4.69) is 5.32 Å². The lowest BCUT2D eigenvalue weighted by molar-refractivity contribution is -0.128. The molecule has 24 heavy (non-hydrogen) atoms. The van der Waals surface area contributed by atoms with Crippen LogP contribution in [0.2, 0.25) is 5.02 Å². The summed E-state index contributed by atoms with van der Waals surface area (Å²) in [6.45, 7) is 0.219. The van der Waals surface area contributed by atoms with Crippen molar-refractivity contribution in [3.05, 3.63) is 34.9 Å². The van der Waals surface area contributed by atoms with E-state index in [4.69, 9.17) is 17.3 Å². The van der Waals surface area contributed by atoms with E-state index in [0.29, 0.717) is 16.9 Å². The maximum Gasteiger partial charge on any atom is 0.223 e. The standard InChI is InChI=1S/C18H25ClN2O2.ClH/c19-15-6-2-3-11(9-15)16(22)10-21-18(23)14-7-12-4-1-5-13(8-14)17(12)20;/h2-3,6,9,12-14,16-17,22H,1,4-5,7-8,10,20H2,(H,21,23);1H. The molecule has 2 aliphatic carbocycles. The second-order valence-corrected chi connectivity index (χ2v) is 7.45. The molecule has 1 amide bonds. The van der Waals surface area contributed by atoms with Gasteiger partial charge in [0, 0.05) is 23.5 Å². The van der Waals surface area contributed by atoms with Crippen LogP contribution < -0.4 is 11.1 Å². The Bertz CT molecular complexity index is 556. The number of amides is 1. The van der Waals surface area contributed by atoms with Crippen LogP contribution in [-0.2, 0) is 4.79 Å². The Hall–Kier alpha value is -0.810. The van der Waals surface area contributed by atoms with Gasteiger partial charge in [-0.2, -0.15) is 0 Å². The molecule has 0 spiro atoms. The highest BCUT2D eigenvalue weighted by atomic mass is 35.5. The molecule has 4 nitrogen and oxygen atoms in total. The molecule has 0 heterocycles.